The first-order valence-electron chi connectivity index (χ1n) is 5.75. The van der Waals surface area contributed by atoms with Crippen LogP contribution in [-0.4, -0.2) is 22.8 Å². The summed E-state index contributed by atoms with van der Waals surface area (Å²) >= 11 is 0. The van der Waals surface area contributed by atoms with E-state index in [0.717, 1.165) is 38.3 Å². The second-order valence-electron chi connectivity index (χ2n) is 4.50. The van der Waals surface area contributed by atoms with Crippen molar-refractivity contribution in [3.05, 3.63) is 17.7 Å². The number of nitrogens with zero attached hydrogens (tertiary/aromatic N) is 2. The van der Waals surface area contributed by atoms with E-state index in [2.05, 4.69) is 9.55 Å². The van der Waals surface area contributed by atoms with E-state index in [9.17, 15) is 0 Å². The Balaban J connectivity index is 1.97. The highest BCUT2D eigenvalue weighted by molar-refractivity contribution is 5.13. The number of imidazole rings is 1. The van der Waals surface area contributed by atoms with E-state index in [1.807, 2.05) is 6.20 Å². The number of aromatic nitrogens is 2. The van der Waals surface area contributed by atoms with Crippen molar-refractivity contribution < 1.29 is 4.74 Å². The predicted octanol–water partition coefficient (Wildman–Crippen LogP) is 1.18. The number of rotatable bonds is 1. The summed E-state index contributed by atoms with van der Waals surface area (Å²) in [6.07, 6.45) is 6.59. The number of aryl methyl sites for hydroxylation is 1. The molecule has 4 heteroatoms. The van der Waals surface area contributed by atoms with E-state index in [-0.39, 0.29) is 6.17 Å². The summed E-state index contributed by atoms with van der Waals surface area (Å²) in [5.74, 6) is 1.61. The van der Waals surface area contributed by atoms with Crippen LogP contribution in [0.3, 0.4) is 0 Å². The highest BCUT2D eigenvalue weighted by Gasteiger charge is 2.27. The largest absolute Gasteiger partial charge is 0.381 e. The molecule has 2 atom stereocenters. The molecule has 3 rings (SSSR count). The van der Waals surface area contributed by atoms with Gasteiger partial charge in [0.05, 0.1) is 12.8 Å². The van der Waals surface area contributed by atoms with Crippen LogP contribution in [0, 0.1) is 0 Å². The van der Waals surface area contributed by atoms with Gasteiger partial charge in [-0.05, 0) is 25.7 Å². The summed E-state index contributed by atoms with van der Waals surface area (Å²) in [7, 11) is 0. The van der Waals surface area contributed by atoms with Crippen LogP contribution in [0.2, 0.25) is 0 Å². The lowest BCUT2D eigenvalue weighted by Crippen LogP contribution is -2.27. The standard InChI is InChI=1S/C11H17N3O/c12-10-3-1-2-9-6-13-11(14(9)10)8-4-5-15-7-8/h6,8,10H,1-5,7,12H2. The molecule has 0 radical (unpaired) electrons. The quantitative estimate of drug-likeness (QED) is 0.752. The van der Waals surface area contributed by atoms with Crippen molar-refractivity contribution in [1.82, 2.24) is 9.55 Å². The number of ether oxygens (including phenoxy) is 1. The first-order chi connectivity index (χ1) is 7.36. The van der Waals surface area contributed by atoms with Gasteiger partial charge in [0, 0.05) is 24.4 Å². The molecule has 2 unspecified atom stereocenters. The molecule has 0 aliphatic carbocycles. The Labute approximate surface area is 89.4 Å². The van der Waals surface area contributed by atoms with Gasteiger partial charge in [0.1, 0.15) is 5.82 Å². The van der Waals surface area contributed by atoms with Crippen LogP contribution in [0.1, 0.15) is 42.9 Å². The van der Waals surface area contributed by atoms with Crippen LogP contribution in [0.15, 0.2) is 6.20 Å². The molecule has 0 saturated carbocycles. The molecule has 2 aliphatic heterocycles. The third-order valence-electron chi connectivity index (χ3n) is 3.46. The maximum Gasteiger partial charge on any atom is 0.115 e. The molecule has 2 aliphatic rings. The van der Waals surface area contributed by atoms with Gasteiger partial charge >= 0.3 is 0 Å². The Morgan fingerprint density at radius 3 is 3.20 bits per heavy atom. The van der Waals surface area contributed by atoms with Gasteiger partial charge in [0.25, 0.3) is 0 Å². The smallest absolute Gasteiger partial charge is 0.115 e. The number of fused-ring (bicyclic) bond motifs is 1. The van der Waals surface area contributed by atoms with Crippen molar-refractivity contribution in [3.8, 4) is 0 Å². The normalized spacial score (nSPS) is 30.5. The van der Waals surface area contributed by atoms with E-state index >= 15 is 0 Å². The van der Waals surface area contributed by atoms with Crippen molar-refractivity contribution in [2.75, 3.05) is 13.2 Å². The topological polar surface area (TPSA) is 53.1 Å². The Morgan fingerprint density at radius 1 is 1.47 bits per heavy atom. The molecule has 1 saturated heterocycles. The molecular formula is C11H17N3O. The highest BCUT2D eigenvalue weighted by atomic mass is 16.5. The molecular weight excluding hydrogens is 190 g/mol. The fourth-order valence-electron chi connectivity index (χ4n) is 2.64. The zero-order valence-corrected chi connectivity index (χ0v) is 8.85. The van der Waals surface area contributed by atoms with Crippen LogP contribution in [0.4, 0.5) is 0 Å². The van der Waals surface area contributed by atoms with Gasteiger partial charge in [-0.2, -0.15) is 0 Å². The molecule has 2 N–H and O–H groups in total. The van der Waals surface area contributed by atoms with Gasteiger partial charge in [-0.1, -0.05) is 0 Å². The van der Waals surface area contributed by atoms with Crippen LogP contribution in [-0.2, 0) is 11.2 Å². The van der Waals surface area contributed by atoms with E-state index < -0.39 is 0 Å². The molecule has 1 aromatic rings. The lowest BCUT2D eigenvalue weighted by atomic mass is 10.1. The Hall–Kier alpha value is -0.870. The number of hydrogen-bond donors (Lipinski definition) is 1. The maximum absolute atomic E-state index is 6.14. The van der Waals surface area contributed by atoms with E-state index in [1.54, 1.807) is 0 Å². The van der Waals surface area contributed by atoms with Gasteiger partial charge in [-0.3, -0.25) is 0 Å². The molecule has 82 valence electrons. The monoisotopic (exact) mass is 207 g/mol. The van der Waals surface area contributed by atoms with Gasteiger partial charge in [0.2, 0.25) is 0 Å². The summed E-state index contributed by atoms with van der Waals surface area (Å²) in [6, 6.07) is 0. The molecule has 15 heavy (non-hydrogen) atoms. The predicted molar refractivity (Wildman–Crippen MR) is 56.6 cm³/mol. The minimum Gasteiger partial charge on any atom is -0.381 e. The van der Waals surface area contributed by atoms with E-state index in [4.69, 9.17) is 10.5 Å². The van der Waals surface area contributed by atoms with Gasteiger partial charge in [-0.25, -0.2) is 4.98 Å². The van der Waals surface area contributed by atoms with Gasteiger partial charge in [0.15, 0.2) is 0 Å². The van der Waals surface area contributed by atoms with Crippen LogP contribution in [0.25, 0.3) is 0 Å². The Bertz CT molecular complexity index is 355. The van der Waals surface area contributed by atoms with Crippen molar-refractivity contribution in [2.45, 2.75) is 37.8 Å². The summed E-state index contributed by atoms with van der Waals surface area (Å²) in [5, 5.41) is 0. The highest BCUT2D eigenvalue weighted by Crippen LogP contribution is 2.30. The minimum absolute atomic E-state index is 0.131. The summed E-state index contributed by atoms with van der Waals surface area (Å²) < 4.78 is 7.65. The average molecular weight is 207 g/mol. The third-order valence-corrected chi connectivity index (χ3v) is 3.46. The minimum atomic E-state index is 0.131. The van der Waals surface area contributed by atoms with Crippen LogP contribution >= 0.6 is 0 Å². The first kappa shape index (κ1) is 9.36. The van der Waals surface area contributed by atoms with Crippen molar-refractivity contribution in [3.63, 3.8) is 0 Å². The Morgan fingerprint density at radius 2 is 2.40 bits per heavy atom. The fraction of sp³-hybridized carbons (Fsp3) is 0.727. The molecule has 0 amide bonds. The van der Waals surface area contributed by atoms with Crippen LogP contribution in [0.5, 0.6) is 0 Å². The van der Waals surface area contributed by atoms with E-state index in [1.165, 1.54) is 12.1 Å². The third kappa shape index (κ3) is 1.48. The van der Waals surface area contributed by atoms with Crippen molar-refractivity contribution >= 4 is 0 Å². The molecule has 3 heterocycles. The fourth-order valence-corrected chi connectivity index (χ4v) is 2.64. The van der Waals surface area contributed by atoms with Crippen molar-refractivity contribution in [1.29, 1.82) is 0 Å². The molecule has 4 nitrogen and oxygen atoms in total. The zero-order chi connectivity index (χ0) is 10.3. The molecule has 1 fully saturated rings. The lowest BCUT2D eigenvalue weighted by molar-refractivity contribution is 0.192. The molecule has 1 aromatic heterocycles. The van der Waals surface area contributed by atoms with Crippen molar-refractivity contribution in [2.24, 2.45) is 5.73 Å². The number of nitrogens with two attached hydrogens (primary N) is 1. The zero-order valence-electron chi connectivity index (χ0n) is 8.85. The first-order valence-corrected chi connectivity index (χ1v) is 5.75. The summed E-state index contributed by atoms with van der Waals surface area (Å²) in [6.45, 7) is 1.67. The number of hydrogen-bond acceptors (Lipinski definition) is 3. The molecule has 0 bridgehead atoms. The SMILES string of the molecule is NC1CCCc2cnc(C3CCOC3)n21. The average Bonchev–Trinajstić information content (AvgIpc) is 2.85. The second-order valence-corrected chi connectivity index (χ2v) is 4.50. The second kappa shape index (κ2) is 3.61. The maximum atomic E-state index is 6.14. The Kier molecular flexibility index (Phi) is 2.25. The van der Waals surface area contributed by atoms with E-state index in [0.29, 0.717) is 5.92 Å². The molecule has 0 spiro atoms. The van der Waals surface area contributed by atoms with Gasteiger partial charge in [-0.15, -0.1) is 0 Å². The summed E-state index contributed by atoms with van der Waals surface area (Å²) in [4.78, 5) is 4.53. The summed E-state index contributed by atoms with van der Waals surface area (Å²) in [5.41, 5.74) is 7.44. The molecule has 0 aromatic carbocycles. The van der Waals surface area contributed by atoms with Gasteiger partial charge < -0.3 is 15.0 Å². The lowest BCUT2D eigenvalue weighted by Gasteiger charge is -2.25. The van der Waals surface area contributed by atoms with Crippen LogP contribution < -0.4 is 5.73 Å².